The number of rotatable bonds is 7. The summed E-state index contributed by atoms with van der Waals surface area (Å²) in [6, 6.07) is 0.757. The number of likely N-dealkylation sites (tertiary alicyclic amines) is 1. The summed E-state index contributed by atoms with van der Waals surface area (Å²) in [5.41, 5.74) is -0.205. The highest BCUT2D eigenvalue weighted by atomic mass is 32.2. The normalized spacial score (nSPS) is 27.0. The summed E-state index contributed by atoms with van der Waals surface area (Å²) in [4.78, 5) is 19.2. The fourth-order valence-corrected chi connectivity index (χ4v) is 5.73. The first-order valence-electron chi connectivity index (χ1n) is 9.96. The van der Waals surface area contributed by atoms with Gasteiger partial charge in [-0.2, -0.15) is 11.8 Å². The third-order valence-corrected chi connectivity index (χ3v) is 6.96. The standard InChI is InChI=1S/C19H35N3O2S/c1-16(2)13-20(3)8-4-9-22-15-19(24-18(22)23)6-10-21(11-7-19)17-5-12-25-14-17/h16-17H,4-15H2,1-3H3. The van der Waals surface area contributed by atoms with Crippen LogP contribution in [0.4, 0.5) is 4.79 Å². The molecule has 3 fully saturated rings. The fourth-order valence-electron chi connectivity index (χ4n) is 4.48. The van der Waals surface area contributed by atoms with E-state index in [0.29, 0.717) is 5.92 Å². The highest BCUT2D eigenvalue weighted by Gasteiger charge is 2.47. The molecule has 1 unspecified atom stereocenters. The Hall–Kier alpha value is -0.460. The Labute approximate surface area is 157 Å². The zero-order chi connectivity index (χ0) is 17.9. The molecule has 0 N–H and O–H groups in total. The quantitative estimate of drug-likeness (QED) is 0.690. The van der Waals surface area contributed by atoms with Gasteiger partial charge in [0.05, 0.1) is 6.54 Å². The molecule has 144 valence electrons. The van der Waals surface area contributed by atoms with Gasteiger partial charge in [-0.15, -0.1) is 0 Å². The fraction of sp³-hybridized carbons (Fsp3) is 0.947. The minimum absolute atomic E-state index is 0.0867. The lowest BCUT2D eigenvalue weighted by Gasteiger charge is -2.40. The number of ether oxygens (including phenoxy) is 1. The van der Waals surface area contributed by atoms with Crippen molar-refractivity contribution in [1.29, 1.82) is 0 Å². The second-order valence-corrected chi connectivity index (χ2v) is 9.69. The highest BCUT2D eigenvalue weighted by Crippen LogP contribution is 2.35. The van der Waals surface area contributed by atoms with Gasteiger partial charge >= 0.3 is 6.09 Å². The van der Waals surface area contributed by atoms with Crippen LogP contribution in [-0.2, 0) is 4.74 Å². The summed E-state index contributed by atoms with van der Waals surface area (Å²) in [5, 5.41) is 0. The zero-order valence-corrected chi connectivity index (χ0v) is 17.0. The van der Waals surface area contributed by atoms with Gasteiger partial charge in [0.15, 0.2) is 0 Å². The second kappa shape index (κ2) is 8.49. The summed E-state index contributed by atoms with van der Waals surface area (Å²) < 4.78 is 5.88. The van der Waals surface area contributed by atoms with Gasteiger partial charge in [0.25, 0.3) is 0 Å². The molecule has 0 aliphatic carbocycles. The minimum Gasteiger partial charge on any atom is -0.441 e. The molecule has 3 aliphatic heterocycles. The van der Waals surface area contributed by atoms with E-state index < -0.39 is 0 Å². The summed E-state index contributed by atoms with van der Waals surface area (Å²) >= 11 is 2.08. The molecule has 1 atom stereocenters. The van der Waals surface area contributed by atoms with E-state index >= 15 is 0 Å². The zero-order valence-electron chi connectivity index (χ0n) is 16.2. The van der Waals surface area contributed by atoms with Gasteiger partial charge < -0.3 is 14.5 Å². The Balaban J connectivity index is 1.41. The van der Waals surface area contributed by atoms with Crippen molar-refractivity contribution in [3.63, 3.8) is 0 Å². The van der Waals surface area contributed by atoms with Crippen molar-refractivity contribution in [1.82, 2.24) is 14.7 Å². The molecule has 0 saturated carbocycles. The summed E-state index contributed by atoms with van der Waals surface area (Å²) in [6.45, 7) is 10.4. The molecule has 25 heavy (non-hydrogen) atoms. The van der Waals surface area contributed by atoms with Crippen molar-refractivity contribution in [2.75, 3.05) is 57.8 Å². The first-order valence-corrected chi connectivity index (χ1v) is 11.1. The Morgan fingerprint density at radius 3 is 2.76 bits per heavy atom. The van der Waals surface area contributed by atoms with Crippen LogP contribution in [0, 0.1) is 5.92 Å². The van der Waals surface area contributed by atoms with Crippen molar-refractivity contribution in [2.24, 2.45) is 5.92 Å². The van der Waals surface area contributed by atoms with Crippen LogP contribution in [0.3, 0.4) is 0 Å². The molecule has 6 heteroatoms. The minimum atomic E-state index is -0.205. The van der Waals surface area contributed by atoms with Crippen molar-refractivity contribution < 1.29 is 9.53 Å². The molecule has 0 radical (unpaired) electrons. The molecule has 3 heterocycles. The number of carbonyl (C=O) groups is 1. The van der Waals surface area contributed by atoms with E-state index in [2.05, 4.69) is 42.5 Å². The van der Waals surface area contributed by atoms with Gasteiger partial charge in [-0.05, 0) is 38.1 Å². The maximum atomic E-state index is 12.3. The van der Waals surface area contributed by atoms with Crippen LogP contribution in [0.5, 0.6) is 0 Å². The van der Waals surface area contributed by atoms with Gasteiger partial charge in [-0.1, -0.05) is 13.8 Å². The van der Waals surface area contributed by atoms with Crippen LogP contribution in [0.1, 0.15) is 39.5 Å². The maximum absolute atomic E-state index is 12.3. The number of carbonyl (C=O) groups excluding carboxylic acids is 1. The Kier molecular flexibility index (Phi) is 6.55. The van der Waals surface area contributed by atoms with E-state index in [-0.39, 0.29) is 11.7 Å². The average Bonchev–Trinajstić information content (AvgIpc) is 3.17. The number of piperidine rings is 1. The molecule has 0 aromatic heterocycles. The Morgan fingerprint density at radius 1 is 1.36 bits per heavy atom. The van der Waals surface area contributed by atoms with Gasteiger partial charge in [-0.3, -0.25) is 4.90 Å². The van der Waals surface area contributed by atoms with Gasteiger partial charge in [-0.25, -0.2) is 4.79 Å². The van der Waals surface area contributed by atoms with Crippen LogP contribution < -0.4 is 0 Å². The third-order valence-electron chi connectivity index (χ3n) is 5.82. The van der Waals surface area contributed by atoms with Crippen molar-refractivity contribution in [3.05, 3.63) is 0 Å². The second-order valence-electron chi connectivity index (χ2n) is 8.54. The summed E-state index contributed by atoms with van der Waals surface area (Å²) in [6.07, 6.45) is 4.28. The van der Waals surface area contributed by atoms with Crippen molar-refractivity contribution >= 4 is 17.9 Å². The van der Waals surface area contributed by atoms with Gasteiger partial charge in [0.1, 0.15) is 5.60 Å². The number of hydrogen-bond donors (Lipinski definition) is 0. The number of hydrogen-bond acceptors (Lipinski definition) is 5. The predicted molar refractivity (Wildman–Crippen MR) is 104 cm³/mol. The van der Waals surface area contributed by atoms with Gasteiger partial charge in [0.2, 0.25) is 0 Å². The van der Waals surface area contributed by atoms with Crippen LogP contribution >= 0.6 is 11.8 Å². The number of nitrogens with zero attached hydrogens (tertiary/aromatic N) is 3. The number of amides is 1. The first kappa shape index (κ1) is 19.3. The van der Waals surface area contributed by atoms with Crippen LogP contribution in [0.15, 0.2) is 0 Å². The lowest BCUT2D eigenvalue weighted by molar-refractivity contribution is -0.00742. The van der Waals surface area contributed by atoms with E-state index in [1.165, 1.54) is 17.9 Å². The lowest BCUT2D eigenvalue weighted by Crippen LogP contribution is -2.50. The van der Waals surface area contributed by atoms with E-state index in [9.17, 15) is 4.79 Å². The molecule has 3 rings (SSSR count). The third kappa shape index (κ3) is 5.04. The molecule has 1 amide bonds. The topological polar surface area (TPSA) is 36.0 Å². The van der Waals surface area contributed by atoms with Gasteiger partial charge in [0, 0.05) is 50.8 Å². The molecule has 1 spiro atoms. The summed E-state index contributed by atoms with van der Waals surface area (Å²) in [5.74, 6) is 3.27. The van der Waals surface area contributed by atoms with Crippen LogP contribution in [-0.4, -0.2) is 90.3 Å². The average molecular weight is 370 g/mol. The lowest BCUT2D eigenvalue weighted by atomic mass is 9.90. The van der Waals surface area contributed by atoms with E-state index in [4.69, 9.17) is 4.74 Å². The smallest absolute Gasteiger partial charge is 0.410 e. The maximum Gasteiger partial charge on any atom is 0.410 e. The SMILES string of the molecule is CC(C)CN(C)CCCN1CC2(CCN(C3CCSC3)CC2)OC1=O. The van der Waals surface area contributed by atoms with Crippen molar-refractivity contribution in [2.45, 2.75) is 51.2 Å². The van der Waals surface area contributed by atoms with E-state index in [1.54, 1.807) is 0 Å². The van der Waals surface area contributed by atoms with Crippen molar-refractivity contribution in [3.8, 4) is 0 Å². The largest absolute Gasteiger partial charge is 0.441 e. The van der Waals surface area contributed by atoms with E-state index in [0.717, 1.165) is 64.6 Å². The first-order chi connectivity index (χ1) is 12.0. The molecule has 0 aromatic rings. The molecular formula is C19H35N3O2S. The Morgan fingerprint density at radius 2 is 2.12 bits per heavy atom. The van der Waals surface area contributed by atoms with Crippen LogP contribution in [0.2, 0.25) is 0 Å². The number of thioether (sulfide) groups is 1. The monoisotopic (exact) mass is 369 g/mol. The summed E-state index contributed by atoms with van der Waals surface area (Å²) in [7, 11) is 2.17. The Bertz CT molecular complexity index is 446. The molecule has 3 aliphatic rings. The molecule has 3 saturated heterocycles. The molecular weight excluding hydrogens is 334 g/mol. The molecule has 5 nitrogen and oxygen atoms in total. The van der Waals surface area contributed by atoms with Crippen LogP contribution in [0.25, 0.3) is 0 Å². The predicted octanol–water partition coefficient (Wildman–Crippen LogP) is 2.76. The molecule has 0 bridgehead atoms. The van der Waals surface area contributed by atoms with E-state index in [1.807, 2.05) is 4.90 Å². The highest BCUT2D eigenvalue weighted by molar-refractivity contribution is 7.99. The molecule has 0 aromatic carbocycles.